The van der Waals surface area contributed by atoms with E-state index < -0.39 is 23.8 Å². The summed E-state index contributed by atoms with van der Waals surface area (Å²) in [6, 6.07) is 7.13. The van der Waals surface area contributed by atoms with Gasteiger partial charge in [-0.05, 0) is 32.0 Å². The molecule has 122 valence electrons. The van der Waals surface area contributed by atoms with Gasteiger partial charge in [-0.15, -0.1) is 0 Å². The SMILES string of the molecule is Cc1oc(CNC(=O)C(C)Oc2ccccc2F)cc1C(=O)O. The number of furan rings is 1. The molecule has 2 aromatic rings. The number of carboxylic acids is 1. The molecule has 23 heavy (non-hydrogen) atoms. The molecule has 0 spiro atoms. The highest BCUT2D eigenvalue weighted by molar-refractivity contribution is 5.88. The zero-order chi connectivity index (χ0) is 17.0. The quantitative estimate of drug-likeness (QED) is 0.853. The average Bonchev–Trinajstić information content (AvgIpc) is 2.88. The summed E-state index contributed by atoms with van der Waals surface area (Å²) in [7, 11) is 0. The first-order valence-corrected chi connectivity index (χ1v) is 6.90. The first-order valence-electron chi connectivity index (χ1n) is 6.90. The summed E-state index contributed by atoms with van der Waals surface area (Å²) in [4.78, 5) is 22.9. The van der Waals surface area contributed by atoms with E-state index >= 15 is 0 Å². The molecule has 2 rings (SSSR count). The molecule has 6 nitrogen and oxygen atoms in total. The summed E-state index contributed by atoms with van der Waals surface area (Å²) in [5, 5.41) is 11.5. The third kappa shape index (κ3) is 4.09. The van der Waals surface area contributed by atoms with E-state index in [2.05, 4.69) is 5.32 Å². The Hall–Kier alpha value is -2.83. The molecule has 1 amide bonds. The number of carboxylic acid groups (broad SMARTS) is 1. The molecule has 1 aromatic heterocycles. The van der Waals surface area contributed by atoms with Crippen LogP contribution in [0.5, 0.6) is 5.75 Å². The van der Waals surface area contributed by atoms with Crippen LogP contribution in [-0.4, -0.2) is 23.1 Å². The number of ether oxygens (including phenoxy) is 1. The number of aromatic carboxylic acids is 1. The van der Waals surface area contributed by atoms with Crippen LogP contribution in [0.4, 0.5) is 4.39 Å². The monoisotopic (exact) mass is 321 g/mol. The molecule has 1 heterocycles. The van der Waals surface area contributed by atoms with E-state index in [1.54, 1.807) is 6.07 Å². The number of amides is 1. The first kappa shape index (κ1) is 16.5. The van der Waals surface area contributed by atoms with Gasteiger partial charge in [0.05, 0.1) is 6.54 Å². The normalized spacial score (nSPS) is 11.8. The number of halogens is 1. The van der Waals surface area contributed by atoms with Gasteiger partial charge in [0.15, 0.2) is 17.7 Å². The average molecular weight is 321 g/mol. The highest BCUT2D eigenvalue weighted by Crippen LogP contribution is 2.17. The summed E-state index contributed by atoms with van der Waals surface area (Å²) in [6.07, 6.45) is -0.915. The van der Waals surface area contributed by atoms with E-state index in [1.807, 2.05) is 0 Å². The van der Waals surface area contributed by atoms with Crippen molar-refractivity contribution in [3.8, 4) is 5.75 Å². The molecule has 7 heteroatoms. The Balaban J connectivity index is 1.93. The molecule has 0 radical (unpaired) electrons. The predicted molar refractivity (Wildman–Crippen MR) is 78.7 cm³/mol. The van der Waals surface area contributed by atoms with E-state index in [1.165, 1.54) is 38.1 Å². The van der Waals surface area contributed by atoms with Crippen molar-refractivity contribution in [3.05, 3.63) is 53.2 Å². The lowest BCUT2D eigenvalue weighted by molar-refractivity contribution is -0.127. The Morgan fingerprint density at radius 1 is 1.39 bits per heavy atom. The van der Waals surface area contributed by atoms with Gasteiger partial charge < -0.3 is 19.6 Å². The molecule has 1 aromatic carbocycles. The number of aryl methyl sites for hydroxylation is 1. The largest absolute Gasteiger partial charge is 0.478 e. The van der Waals surface area contributed by atoms with Crippen LogP contribution in [0.15, 0.2) is 34.7 Å². The van der Waals surface area contributed by atoms with Crippen LogP contribution in [0.1, 0.15) is 28.8 Å². The highest BCUT2D eigenvalue weighted by Gasteiger charge is 2.18. The second-order valence-corrected chi connectivity index (χ2v) is 4.90. The molecule has 0 aliphatic heterocycles. The zero-order valence-corrected chi connectivity index (χ0v) is 12.6. The van der Waals surface area contributed by atoms with Crippen molar-refractivity contribution in [2.24, 2.45) is 0 Å². The van der Waals surface area contributed by atoms with Gasteiger partial charge >= 0.3 is 5.97 Å². The number of carbonyl (C=O) groups is 2. The molecule has 0 aliphatic rings. The Morgan fingerprint density at radius 3 is 2.70 bits per heavy atom. The number of nitrogens with one attached hydrogen (secondary N) is 1. The van der Waals surface area contributed by atoms with Crippen molar-refractivity contribution in [1.82, 2.24) is 5.32 Å². The Kier molecular flexibility index (Phi) is 5.00. The van der Waals surface area contributed by atoms with Gasteiger partial charge in [0.2, 0.25) is 0 Å². The Labute approximate surface area is 131 Å². The van der Waals surface area contributed by atoms with Crippen LogP contribution in [0.25, 0.3) is 0 Å². The number of benzene rings is 1. The first-order chi connectivity index (χ1) is 10.9. The van der Waals surface area contributed by atoms with Gasteiger partial charge in [-0.25, -0.2) is 9.18 Å². The molecule has 1 atom stereocenters. The van der Waals surface area contributed by atoms with Gasteiger partial charge in [-0.2, -0.15) is 0 Å². The van der Waals surface area contributed by atoms with Crippen molar-refractivity contribution in [3.63, 3.8) is 0 Å². The fourth-order valence-corrected chi connectivity index (χ4v) is 1.95. The minimum atomic E-state index is -1.10. The second-order valence-electron chi connectivity index (χ2n) is 4.90. The molecular formula is C16H16FNO5. The number of rotatable bonds is 6. The van der Waals surface area contributed by atoms with Gasteiger partial charge in [-0.3, -0.25) is 4.79 Å². The van der Waals surface area contributed by atoms with Crippen LogP contribution in [0.3, 0.4) is 0 Å². The maximum absolute atomic E-state index is 13.5. The molecule has 0 bridgehead atoms. The summed E-state index contributed by atoms with van der Waals surface area (Å²) in [5.74, 6) is -1.57. The van der Waals surface area contributed by atoms with Crippen LogP contribution in [0.2, 0.25) is 0 Å². The molecule has 2 N–H and O–H groups in total. The zero-order valence-electron chi connectivity index (χ0n) is 12.6. The van der Waals surface area contributed by atoms with E-state index in [0.717, 1.165) is 0 Å². The second kappa shape index (κ2) is 6.95. The molecule has 0 aliphatic carbocycles. The van der Waals surface area contributed by atoms with Crippen molar-refractivity contribution < 1.29 is 28.2 Å². The summed E-state index contributed by atoms with van der Waals surface area (Å²) in [5.41, 5.74) is 0.0462. The van der Waals surface area contributed by atoms with Crippen molar-refractivity contribution >= 4 is 11.9 Å². The van der Waals surface area contributed by atoms with Crippen LogP contribution >= 0.6 is 0 Å². The number of hydrogen-bond acceptors (Lipinski definition) is 4. The van der Waals surface area contributed by atoms with Crippen molar-refractivity contribution in [2.45, 2.75) is 26.5 Å². The smallest absolute Gasteiger partial charge is 0.339 e. The Bertz CT molecular complexity index is 725. The molecule has 1 unspecified atom stereocenters. The van der Waals surface area contributed by atoms with Crippen LogP contribution in [0, 0.1) is 12.7 Å². The Morgan fingerprint density at radius 2 is 2.09 bits per heavy atom. The van der Waals surface area contributed by atoms with Gasteiger partial charge in [0.25, 0.3) is 5.91 Å². The van der Waals surface area contributed by atoms with Crippen LogP contribution in [-0.2, 0) is 11.3 Å². The minimum Gasteiger partial charge on any atom is -0.478 e. The fourth-order valence-electron chi connectivity index (χ4n) is 1.95. The summed E-state index contributed by atoms with van der Waals surface area (Å²) in [6.45, 7) is 3.02. The van der Waals surface area contributed by atoms with Gasteiger partial charge in [-0.1, -0.05) is 12.1 Å². The lowest BCUT2D eigenvalue weighted by Crippen LogP contribution is -2.36. The summed E-state index contributed by atoms with van der Waals surface area (Å²) < 4.78 is 24.0. The van der Waals surface area contributed by atoms with Crippen LogP contribution < -0.4 is 10.1 Å². The van der Waals surface area contributed by atoms with E-state index in [9.17, 15) is 14.0 Å². The topological polar surface area (TPSA) is 88.8 Å². The minimum absolute atomic E-state index is 0.0118. The standard InChI is InChI=1S/C16H16FNO5/c1-9-12(16(20)21)7-11(22-9)8-18-15(19)10(2)23-14-6-4-3-5-13(14)17/h3-7,10H,8H2,1-2H3,(H,18,19)(H,20,21). The lowest BCUT2D eigenvalue weighted by atomic mass is 10.2. The maximum Gasteiger partial charge on any atom is 0.339 e. The van der Waals surface area contributed by atoms with E-state index in [-0.39, 0.29) is 23.6 Å². The van der Waals surface area contributed by atoms with E-state index in [0.29, 0.717) is 5.76 Å². The highest BCUT2D eigenvalue weighted by atomic mass is 19.1. The number of para-hydroxylation sites is 1. The number of carbonyl (C=O) groups excluding carboxylic acids is 1. The molecule has 0 fully saturated rings. The lowest BCUT2D eigenvalue weighted by Gasteiger charge is -2.14. The van der Waals surface area contributed by atoms with Gasteiger partial charge in [0, 0.05) is 0 Å². The third-order valence-electron chi connectivity index (χ3n) is 3.15. The van der Waals surface area contributed by atoms with Crippen molar-refractivity contribution in [1.29, 1.82) is 0 Å². The summed E-state index contributed by atoms with van der Waals surface area (Å²) >= 11 is 0. The molecular weight excluding hydrogens is 305 g/mol. The predicted octanol–water partition coefficient (Wildman–Crippen LogP) is 2.51. The maximum atomic E-state index is 13.5. The van der Waals surface area contributed by atoms with Gasteiger partial charge in [0.1, 0.15) is 17.1 Å². The third-order valence-corrected chi connectivity index (χ3v) is 3.15. The number of hydrogen-bond donors (Lipinski definition) is 2. The molecule has 0 saturated heterocycles. The van der Waals surface area contributed by atoms with Crippen molar-refractivity contribution in [2.75, 3.05) is 0 Å². The molecule has 0 saturated carbocycles. The van der Waals surface area contributed by atoms with E-state index in [4.69, 9.17) is 14.3 Å². The fraction of sp³-hybridized carbons (Fsp3) is 0.250.